The van der Waals surface area contributed by atoms with Gasteiger partial charge in [-0.1, -0.05) is 36.8 Å². The van der Waals surface area contributed by atoms with Crippen LogP contribution in [0.1, 0.15) is 47.5 Å². The third-order valence-corrected chi connectivity index (χ3v) is 1.89. The number of aliphatic imine (C=N–C) groups is 1. The number of hydrogen-bond donors (Lipinski definition) is 0. The molecule has 0 heterocycles. The van der Waals surface area contributed by atoms with Gasteiger partial charge in [-0.2, -0.15) is 0 Å². The van der Waals surface area contributed by atoms with Crippen LogP contribution in [-0.2, 0) is 0 Å². The third-order valence-electron chi connectivity index (χ3n) is 1.89. The molecule has 0 aromatic heterocycles. The average molecular weight is 205 g/mol. The van der Waals surface area contributed by atoms with Crippen LogP contribution >= 0.6 is 0 Å². The Kier molecular flexibility index (Phi) is 6.68. The van der Waals surface area contributed by atoms with Crippen LogP contribution in [0.5, 0.6) is 0 Å². The van der Waals surface area contributed by atoms with Crippen molar-refractivity contribution < 1.29 is 0 Å². The highest BCUT2D eigenvalue weighted by Crippen LogP contribution is 2.07. The van der Waals surface area contributed by atoms with E-state index >= 15 is 0 Å². The fraction of sp³-hybridized carbons (Fsp3) is 0.500. The van der Waals surface area contributed by atoms with Crippen LogP contribution in [0.4, 0.5) is 0 Å². The van der Waals surface area contributed by atoms with Crippen molar-refractivity contribution in [2.75, 3.05) is 0 Å². The molecule has 0 bridgehead atoms. The molecule has 0 aromatic rings. The number of hydrogen-bond acceptors (Lipinski definition) is 1. The predicted octanol–water partition coefficient (Wildman–Crippen LogP) is 4.67. The maximum atomic E-state index is 4.52. The standard InChI is InChI=1S/C14H23N/c1-7-8-13(5)15-14(6)10-12(4)9-11(2)3/h8-9H,2,7,10H2,1,3-6H3/b12-9-,13-8-,15-14-. The zero-order valence-electron chi connectivity index (χ0n) is 10.7. The van der Waals surface area contributed by atoms with Crippen LogP contribution in [0.2, 0.25) is 0 Å². The second-order valence-corrected chi connectivity index (χ2v) is 4.11. The van der Waals surface area contributed by atoms with E-state index in [-0.39, 0.29) is 0 Å². The van der Waals surface area contributed by atoms with Crippen molar-refractivity contribution in [3.8, 4) is 0 Å². The van der Waals surface area contributed by atoms with Crippen molar-refractivity contribution in [2.45, 2.75) is 47.5 Å². The second kappa shape index (κ2) is 7.22. The van der Waals surface area contributed by atoms with Gasteiger partial charge in [-0.15, -0.1) is 0 Å². The van der Waals surface area contributed by atoms with Crippen molar-refractivity contribution in [1.82, 2.24) is 0 Å². The molecule has 0 rings (SSSR count). The van der Waals surface area contributed by atoms with E-state index in [1.807, 2.05) is 13.8 Å². The maximum Gasteiger partial charge on any atom is 0.0332 e. The lowest BCUT2D eigenvalue weighted by Gasteiger charge is -2.02. The molecular formula is C14H23N. The average Bonchev–Trinajstić information content (AvgIpc) is 2.00. The Hall–Kier alpha value is -1.11. The molecule has 0 amide bonds. The molecule has 0 radical (unpaired) electrons. The molecule has 1 heteroatoms. The molecule has 0 saturated heterocycles. The Morgan fingerprint density at radius 3 is 2.27 bits per heavy atom. The summed E-state index contributed by atoms with van der Waals surface area (Å²) in [6.07, 6.45) is 6.23. The van der Waals surface area contributed by atoms with Crippen LogP contribution in [0.25, 0.3) is 0 Å². The molecule has 0 fully saturated rings. The lowest BCUT2D eigenvalue weighted by atomic mass is 10.1. The van der Waals surface area contributed by atoms with E-state index in [9.17, 15) is 0 Å². The fourth-order valence-corrected chi connectivity index (χ4v) is 1.56. The topological polar surface area (TPSA) is 12.4 Å². The summed E-state index contributed by atoms with van der Waals surface area (Å²) in [5, 5.41) is 0. The van der Waals surface area contributed by atoms with Crippen LogP contribution < -0.4 is 0 Å². The fourth-order valence-electron chi connectivity index (χ4n) is 1.56. The van der Waals surface area contributed by atoms with Gasteiger partial charge in [-0.3, -0.25) is 4.99 Å². The molecule has 0 saturated carbocycles. The highest BCUT2D eigenvalue weighted by atomic mass is 14.7. The lowest BCUT2D eigenvalue weighted by molar-refractivity contribution is 1.14. The normalized spacial score (nSPS) is 14.3. The Morgan fingerprint density at radius 2 is 1.80 bits per heavy atom. The molecular weight excluding hydrogens is 182 g/mol. The van der Waals surface area contributed by atoms with Crippen molar-refractivity contribution in [3.05, 3.63) is 35.6 Å². The summed E-state index contributed by atoms with van der Waals surface area (Å²) in [6.45, 7) is 14.2. The van der Waals surface area contributed by atoms with Crippen molar-refractivity contribution in [3.63, 3.8) is 0 Å². The van der Waals surface area contributed by atoms with Gasteiger partial charge in [0.1, 0.15) is 0 Å². The second-order valence-electron chi connectivity index (χ2n) is 4.11. The van der Waals surface area contributed by atoms with Crippen LogP contribution in [0.3, 0.4) is 0 Å². The molecule has 0 aliphatic carbocycles. The highest BCUT2D eigenvalue weighted by Gasteiger charge is 1.94. The summed E-state index contributed by atoms with van der Waals surface area (Å²) < 4.78 is 0. The summed E-state index contributed by atoms with van der Waals surface area (Å²) in [5.74, 6) is 0. The van der Waals surface area contributed by atoms with Crippen LogP contribution in [-0.4, -0.2) is 5.71 Å². The summed E-state index contributed by atoms with van der Waals surface area (Å²) >= 11 is 0. The van der Waals surface area contributed by atoms with Crippen molar-refractivity contribution in [2.24, 2.45) is 4.99 Å². The van der Waals surface area contributed by atoms with Gasteiger partial charge in [0, 0.05) is 17.8 Å². The van der Waals surface area contributed by atoms with Gasteiger partial charge in [-0.25, -0.2) is 0 Å². The van der Waals surface area contributed by atoms with Gasteiger partial charge in [-0.05, 0) is 34.1 Å². The third kappa shape index (κ3) is 7.92. The lowest BCUT2D eigenvalue weighted by Crippen LogP contribution is -1.93. The Bertz CT molecular complexity index is 303. The number of allylic oxidation sites excluding steroid dienone is 5. The largest absolute Gasteiger partial charge is 0.263 e. The first kappa shape index (κ1) is 13.9. The van der Waals surface area contributed by atoms with Gasteiger partial charge < -0.3 is 0 Å². The Labute approximate surface area is 94.3 Å². The number of rotatable bonds is 5. The van der Waals surface area contributed by atoms with Gasteiger partial charge >= 0.3 is 0 Å². The Balaban J connectivity index is 4.42. The van der Waals surface area contributed by atoms with Crippen molar-refractivity contribution in [1.29, 1.82) is 0 Å². The molecule has 0 atom stereocenters. The summed E-state index contributed by atoms with van der Waals surface area (Å²) in [6, 6.07) is 0. The van der Waals surface area contributed by atoms with Crippen LogP contribution in [0, 0.1) is 0 Å². The molecule has 15 heavy (non-hydrogen) atoms. The molecule has 84 valence electrons. The first-order chi connectivity index (χ1) is 6.95. The van der Waals surface area contributed by atoms with E-state index in [0.29, 0.717) is 0 Å². The molecule has 1 nitrogen and oxygen atoms in total. The molecule has 0 N–H and O–H groups in total. The van der Waals surface area contributed by atoms with Crippen molar-refractivity contribution >= 4 is 5.71 Å². The van der Waals surface area contributed by atoms with E-state index in [0.717, 1.165) is 29.8 Å². The molecule has 0 aliphatic rings. The minimum atomic E-state index is 0.932. The minimum Gasteiger partial charge on any atom is -0.263 e. The first-order valence-corrected chi connectivity index (χ1v) is 5.49. The Morgan fingerprint density at radius 1 is 1.20 bits per heavy atom. The summed E-state index contributed by atoms with van der Waals surface area (Å²) in [7, 11) is 0. The highest BCUT2D eigenvalue weighted by molar-refractivity contribution is 5.85. The SMILES string of the molecule is C=C(C)/C=C(/C)C/C(C)=N\C(C)=C/CC. The zero-order valence-corrected chi connectivity index (χ0v) is 10.7. The van der Waals surface area contributed by atoms with Gasteiger partial charge in [0.2, 0.25) is 0 Å². The van der Waals surface area contributed by atoms with E-state index < -0.39 is 0 Å². The van der Waals surface area contributed by atoms with Gasteiger partial charge in [0.15, 0.2) is 0 Å². The summed E-state index contributed by atoms with van der Waals surface area (Å²) in [5.41, 5.74) is 4.68. The molecule has 0 aromatic carbocycles. The van der Waals surface area contributed by atoms with Gasteiger partial charge in [0.05, 0.1) is 0 Å². The monoisotopic (exact) mass is 205 g/mol. The molecule has 0 aliphatic heterocycles. The summed E-state index contributed by atoms with van der Waals surface area (Å²) in [4.78, 5) is 4.52. The van der Waals surface area contributed by atoms with Gasteiger partial charge in [0.25, 0.3) is 0 Å². The van der Waals surface area contributed by atoms with E-state index in [4.69, 9.17) is 0 Å². The van der Waals surface area contributed by atoms with Crippen LogP contribution in [0.15, 0.2) is 40.6 Å². The minimum absolute atomic E-state index is 0.932. The first-order valence-electron chi connectivity index (χ1n) is 5.49. The van der Waals surface area contributed by atoms with E-state index in [2.05, 4.69) is 44.5 Å². The number of nitrogens with zero attached hydrogens (tertiary/aromatic N) is 1. The molecule has 0 spiro atoms. The quantitative estimate of drug-likeness (QED) is 0.456. The van der Waals surface area contributed by atoms with E-state index in [1.54, 1.807) is 0 Å². The zero-order chi connectivity index (χ0) is 11.8. The maximum absolute atomic E-state index is 4.52. The van der Waals surface area contributed by atoms with E-state index in [1.165, 1.54) is 5.57 Å². The molecule has 0 unspecified atom stereocenters. The predicted molar refractivity (Wildman–Crippen MR) is 70.3 cm³/mol. The smallest absolute Gasteiger partial charge is 0.0332 e.